The van der Waals surface area contributed by atoms with Gasteiger partial charge in [-0.3, -0.25) is 9.59 Å². The van der Waals surface area contributed by atoms with Crippen molar-refractivity contribution in [2.75, 3.05) is 0 Å². The van der Waals surface area contributed by atoms with Crippen molar-refractivity contribution in [3.8, 4) is 0 Å². The number of ketones is 1. The Hall–Kier alpha value is -1.25. The van der Waals surface area contributed by atoms with Gasteiger partial charge in [0.05, 0.1) is 5.25 Å². The highest BCUT2D eigenvalue weighted by atomic mass is 32.2. The van der Waals surface area contributed by atoms with E-state index in [4.69, 9.17) is 10.3 Å². The van der Waals surface area contributed by atoms with Gasteiger partial charge in [-0.2, -0.15) is 0 Å². The summed E-state index contributed by atoms with van der Waals surface area (Å²) < 4.78 is 22.2. The van der Waals surface area contributed by atoms with Crippen molar-refractivity contribution in [1.29, 1.82) is 0 Å². The molecule has 0 bridgehead atoms. The molecule has 0 radical (unpaired) electrons. The maximum absolute atomic E-state index is 11.1. The van der Waals surface area contributed by atoms with Crippen LogP contribution in [0.15, 0.2) is 12.2 Å². The van der Waals surface area contributed by atoms with E-state index in [0.717, 1.165) is 17.0 Å². The fourth-order valence-electron chi connectivity index (χ4n) is 1.27. The Kier molecular flexibility index (Phi) is 3.22. The second-order valence-electron chi connectivity index (χ2n) is 3.06. The van der Waals surface area contributed by atoms with Crippen molar-refractivity contribution in [1.82, 2.24) is 4.89 Å². The normalized spacial score (nSPS) is 26.6. The van der Waals surface area contributed by atoms with Gasteiger partial charge in [-0.1, -0.05) is 11.0 Å². The van der Waals surface area contributed by atoms with Crippen LogP contribution in [-0.4, -0.2) is 35.7 Å². The zero-order valence-corrected chi connectivity index (χ0v) is 8.27. The topological polar surface area (TPSA) is 121 Å². The molecule has 0 aromatic rings. The summed E-state index contributed by atoms with van der Waals surface area (Å²) >= 11 is 0. The number of carbonyl (C=O) groups excluding carboxylic acids is 1. The lowest BCUT2D eigenvalue weighted by Crippen LogP contribution is -2.38. The van der Waals surface area contributed by atoms with Crippen molar-refractivity contribution in [3.63, 3.8) is 0 Å². The van der Waals surface area contributed by atoms with E-state index in [1.54, 1.807) is 0 Å². The van der Waals surface area contributed by atoms with Crippen LogP contribution in [0.1, 0.15) is 6.42 Å². The third-order valence-electron chi connectivity index (χ3n) is 2.11. The minimum absolute atomic E-state index is 0.374. The molecule has 0 amide bonds. The van der Waals surface area contributed by atoms with E-state index in [1.807, 2.05) is 0 Å². The van der Waals surface area contributed by atoms with Crippen molar-refractivity contribution in [2.45, 2.75) is 11.7 Å². The predicted molar refractivity (Wildman–Crippen MR) is 47.5 cm³/mol. The molecule has 0 aliphatic heterocycles. The van der Waals surface area contributed by atoms with Gasteiger partial charge >= 0.3 is 5.97 Å². The highest BCUT2D eigenvalue weighted by molar-refractivity contribution is 7.90. The molecule has 3 N–H and O–H groups in total. The molecule has 7 nitrogen and oxygen atoms in total. The summed E-state index contributed by atoms with van der Waals surface area (Å²) in [6, 6.07) is 0. The Bertz CT molecular complexity index is 411. The SMILES string of the molecule is O=C(O)C1CC(S(=O)(=O)NO)C=CC1=O. The Labute approximate surface area is 85.4 Å². The average molecular weight is 235 g/mol. The summed E-state index contributed by atoms with van der Waals surface area (Å²) in [4.78, 5) is 22.7. The molecule has 2 unspecified atom stereocenters. The van der Waals surface area contributed by atoms with Gasteiger partial charge < -0.3 is 10.3 Å². The molecule has 1 aliphatic carbocycles. The Morgan fingerprint density at radius 2 is 2.13 bits per heavy atom. The summed E-state index contributed by atoms with van der Waals surface area (Å²) in [5, 5.41) is 15.8. The van der Waals surface area contributed by atoms with Crippen LogP contribution in [0.5, 0.6) is 0 Å². The molecule has 0 aromatic heterocycles. The fraction of sp³-hybridized carbons (Fsp3) is 0.429. The molecule has 1 aliphatic rings. The highest BCUT2D eigenvalue weighted by Gasteiger charge is 2.36. The smallest absolute Gasteiger partial charge is 0.314 e. The number of sulfonamides is 1. The van der Waals surface area contributed by atoms with Gasteiger partial charge in [0.2, 0.25) is 10.0 Å². The van der Waals surface area contributed by atoms with Gasteiger partial charge in [0, 0.05) is 0 Å². The standard InChI is InChI=1S/C7H9NO6S/c9-6-2-1-4(15(13,14)8-12)3-5(6)7(10)11/h1-2,4-5,8,12H,3H2,(H,10,11). The first kappa shape index (κ1) is 11.8. The molecule has 0 aromatic carbocycles. The predicted octanol–water partition coefficient (Wildman–Crippen LogP) is -1.11. The number of carbonyl (C=O) groups is 2. The van der Waals surface area contributed by atoms with Crippen molar-refractivity contribution in [2.24, 2.45) is 5.92 Å². The molecular formula is C7H9NO6S. The zero-order valence-electron chi connectivity index (χ0n) is 7.45. The monoisotopic (exact) mass is 235 g/mol. The van der Waals surface area contributed by atoms with E-state index < -0.39 is 32.9 Å². The minimum atomic E-state index is -4.01. The Morgan fingerprint density at radius 1 is 1.53 bits per heavy atom. The maximum Gasteiger partial charge on any atom is 0.314 e. The first-order valence-electron chi connectivity index (χ1n) is 3.98. The van der Waals surface area contributed by atoms with Crippen molar-refractivity contribution >= 4 is 21.8 Å². The van der Waals surface area contributed by atoms with Crippen LogP contribution in [0, 0.1) is 5.92 Å². The maximum atomic E-state index is 11.1. The molecule has 0 saturated heterocycles. The van der Waals surface area contributed by atoms with Crippen LogP contribution in [0.25, 0.3) is 0 Å². The quantitative estimate of drug-likeness (QED) is 0.421. The number of hydrogen-bond acceptors (Lipinski definition) is 5. The molecule has 0 fully saturated rings. The summed E-state index contributed by atoms with van der Waals surface area (Å²) in [6.45, 7) is 0. The summed E-state index contributed by atoms with van der Waals surface area (Å²) in [7, 11) is -4.01. The van der Waals surface area contributed by atoms with Gasteiger partial charge in [-0.25, -0.2) is 8.42 Å². The van der Waals surface area contributed by atoms with Crippen molar-refractivity contribution in [3.05, 3.63) is 12.2 Å². The lowest BCUT2D eigenvalue weighted by molar-refractivity contribution is -0.145. The highest BCUT2D eigenvalue weighted by Crippen LogP contribution is 2.20. The number of carboxylic acid groups (broad SMARTS) is 1. The number of nitrogens with one attached hydrogen (secondary N) is 1. The first-order chi connectivity index (χ1) is 6.88. The summed E-state index contributed by atoms with van der Waals surface area (Å²) in [5.41, 5.74) is 0. The van der Waals surface area contributed by atoms with E-state index in [9.17, 15) is 18.0 Å². The average Bonchev–Trinajstić information content (AvgIpc) is 2.17. The molecule has 0 spiro atoms. The molecule has 8 heteroatoms. The molecule has 1 rings (SSSR count). The van der Waals surface area contributed by atoms with Gasteiger partial charge in [0.1, 0.15) is 5.92 Å². The van der Waals surface area contributed by atoms with Gasteiger partial charge in [0.15, 0.2) is 5.78 Å². The molecule has 0 heterocycles. The van der Waals surface area contributed by atoms with E-state index in [1.165, 1.54) is 0 Å². The number of hydrogen-bond donors (Lipinski definition) is 3. The molecule has 15 heavy (non-hydrogen) atoms. The third kappa shape index (κ3) is 2.41. The summed E-state index contributed by atoms with van der Waals surface area (Å²) in [6.07, 6.45) is 1.59. The summed E-state index contributed by atoms with van der Waals surface area (Å²) in [5.74, 6) is -3.39. The Morgan fingerprint density at radius 3 is 2.60 bits per heavy atom. The van der Waals surface area contributed by atoms with E-state index in [0.29, 0.717) is 0 Å². The van der Waals surface area contributed by atoms with Crippen LogP contribution in [0.2, 0.25) is 0 Å². The molecular weight excluding hydrogens is 226 g/mol. The van der Waals surface area contributed by atoms with Crippen LogP contribution in [0.3, 0.4) is 0 Å². The molecule has 0 saturated carbocycles. The lowest BCUT2D eigenvalue weighted by atomic mass is 9.93. The van der Waals surface area contributed by atoms with E-state index in [-0.39, 0.29) is 6.42 Å². The fourth-order valence-corrected chi connectivity index (χ4v) is 2.13. The van der Waals surface area contributed by atoms with Gasteiger partial charge in [-0.15, -0.1) is 0 Å². The number of aliphatic carboxylic acids is 1. The number of carboxylic acids is 1. The number of rotatable bonds is 3. The first-order valence-corrected chi connectivity index (χ1v) is 5.52. The molecule has 84 valence electrons. The Balaban J connectivity index is 2.96. The van der Waals surface area contributed by atoms with Crippen LogP contribution < -0.4 is 4.89 Å². The van der Waals surface area contributed by atoms with Crippen LogP contribution >= 0.6 is 0 Å². The third-order valence-corrected chi connectivity index (χ3v) is 3.51. The van der Waals surface area contributed by atoms with Crippen LogP contribution in [0.4, 0.5) is 0 Å². The molecule has 2 atom stereocenters. The second kappa shape index (κ2) is 4.09. The van der Waals surface area contributed by atoms with Gasteiger partial charge in [0.25, 0.3) is 0 Å². The minimum Gasteiger partial charge on any atom is -0.481 e. The van der Waals surface area contributed by atoms with Crippen molar-refractivity contribution < 1.29 is 28.3 Å². The van der Waals surface area contributed by atoms with Gasteiger partial charge in [-0.05, 0) is 12.5 Å². The van der Waals surface area contributed by atoms with E-state index in [2.05, 4.69) is 0 Å². The van der Waals surface area contributed by atoms with E-state index >= 15 is 0 Å². The van der Waals surface area contributed by atoms with Crippen LogP contribution in [-0.2, 0) is 19.6 Å². The largest absolute Gasteiger partial charge is 0.481 e. The zero-order chi connectivity index (χ0) is 11.6. The number of allylic oxidation sites excluding steroid dienone is 1. The lowest BCUT2D eigenvalue weighted by Gasteiger charge is -2.19. The second-order valence-corrected chi connectivity index (χ2v) is 4.94.